The first-order chi connectivity index (χ1) is 24.0. The third-order valence-corrected chi connectivity index (χ3v) is 9.06. The molecule has 13 atom stereocenters. The van der Waals surface area contributed by atoms with Crippen LogP contribution >= 0.6 is 0 Å². The molecule has 0 saturated carbocycles. The van der Waals surface area contributed by atoms with Crippen LogP contribution in [0.4, 0.5) is 5.69 Å². The van der Waals surface area contributed by atoms with Gasteiger partial charge in [-0.1, -0.05) is 0 Å². The van der Waals surface area contributed by atoms with E-state index in [4.69, 9.17) is 18.9 Å². The van der Waals surface area contributed by atoms with Gasteiger partial charge in [-0.25, -0.2) is 19.2 Å². The highest BCUT2D eigenvalue weighted by Gasteiger charge is 2.53. The standard InChI is InChI=1S/C30H36N2O19/c33-8-17-18(35)20(37)24(51-29-22(39)19(36)21(38)23(50-29)28(46)47)30(49-17)48-16-6-10-5-14(27(44)45)32(13(10)7-15(16)34)2-1-9-3-11(25(40)41)31-12(4-9)26(42)43/h1,3,6-7,12,14,17-24,29-31,33-39H,2,4-5,8H2,(H,40,41)(H,42,43)(H,44,45)(H,46,47)/p+1/b9-1+/t12-,14-,17+,18+,19-,20-,21-,22+,23-,24+,29-,30+/m0/s1. The maximum absolute atomic E-state index is 12.3. The number of quaternary nitrogens is 1. The fourth-order valence-corrected chi connectivity index (χ4v) is 6.35. The molecule has 2 fully saturated rings. The van der Waals surface area contributed by atoms with Crippen molar-refractivity contribution in [3.05, 3.63) is 41.1 Å². The smallest absolute Gasteiger partial charge is 0.363 e. The van der Waals surface area contributed by atoms with E-state index in [2.05, 4.69) is 5.32 Å². The van der Waals surface area contributed by atoms with E-state index in [0.29, 0.717) is 21.7 Å². The number of aliphatic carboxylic acids is 4. The Labute approximate surface area is 286 Å². The molecular weight excluding hydrogens is 692 g/mol. The van der Waals surface area contributed by atoms with Crippen molar-refractivity contribution in [2.75, 3.05) is 13.2 Å². The quantitative estimate of drug-likeness (QED) is 0.101. The molecular formula is C30H37N2O19+. The van der Waals surface area contributed by atoms with Crippen molar-refractivity contribution >= 4 is 29.6 Å². The molecule has 1 aromatic carbocycles. The zero-order valence-electron chi connectivity index (χ0n) is 26.3. The summed E-state index contributed by atoms with van der Waals surface area (Å²) in [4.78, 5) is 47.2. The first-order valence-electron chi connectivity index (χ1n) is 15.5. The van der Waals surface area contributed by atoms with Gasteiger partial charge in [-0.15, -0.1) is 0 Å². The largest absolute Gasteiger partial charge is 0.504 e. The topological polar surface area (TPSA) is 344 Å². The molecule has 0 bridgehead atoms. The number of benzene rings is 1. The van der Waals surface area contributed by atoms with E-state index in [1.54, 1.807) is 0 Å². The number of carboxylic acid groups (broad SMARTS) is 4. The molecule has 0 radical (unpaired) electrons. The number of allylic oxidation sites excluding steroid dienone is 1. The molecule has 280 valence electrons. The summed E-state index contributed by atoms with van der Waals surface area (Å²) in [6, 6.07) is 0.0689. The van der Waals surface area contributed by atoms with Gasteiger partial charge in [0.05, 0.1) is 6.61 Å². The average Bonchev–Trinajstić information content (AvgIpc) is 3.43. The van der Waals surface area contributed by atoms with Crippen molar-refractivity contribution in [2.24, 2.45) is 0 Å². The summed E-state index contributed by atoms with van der Waals surface area (Å²) in [5.74, 6) is -6.60. The van der Waals surface area contributed by atoms with Crippen LogP contribution in [0.25, 0.3) is 0 Å². The van der Waals surface area contributed by atoms with Crippen LogP contribution in [-0.2, 0) is 39.8 Å². The molecule has 1 unspecified atom stereocenters. The Morgan fingerprint density at radius 2 is 1.57 bits per heavy atom. The highest BCUT2D eigenvalue weighted by Crippen LogP contribution is 2.37. The first kappa shape index (κ1) is 37.8. The second kappa shape index (κ2) is 15.1. The molecule has 0 spiro atoms. The molecule has 5 rings (SSSR count). The zero-order valence-corrected chi connectivity index (χ0v) is 26.3. The van der Waals surface area contributed by atoms with Crippen LogP contribution in [0.3, 0.4) is 0 Å². The highest BCUT2D eigenvalue weighted by molar-refractivity contribution is 5.89. The maximum Gasteiger partial charge on any atom is 0.363 e. The number of rotatable bonds is 11. The molecule has 13 N–H and O–H groups in total. The van der Waals surface area contributed by atoms with Crippen LogP contribution in [0.15, 0.2) is 35.6 Å². The summed E-state index contributed by atoms with van der Waals surface area (Å²) in [7, 11) is 0. The number of carboxylic acids is 4. The van der Waals surface area contributed by atoms with E-state index in [9.17, 15) is 75.3 Å². The number of phenols is 1. The molecule has 51 heavy (non-hydrogen) atoms. The maximum atomic E-state index is 12.3. The van der Waals surface area contributed by atoms with E-state index in [1.807, 2.05) is 0 Å². The van der Waals surface area contributed by atoms with E-state index >= 15 is 0 Å². The molecule has 4 heterocycles. The van der Waals surface area contributed by atoms with Gasteiger partial charge < -0.3 is 80.4 Å². The van der Waals surface area contributed by atoms with Crippen molar-refractivity contribution in [2.45, 2.75) is 86.3 Å². The Bertz CT molecular complexity index is 1600. The van der Waals surface area contributed by atoms with Gasteiger partial charge in [0.25, 0.3) is 0 Å². The summed E-state index contributed by atoms with van der Waals surface area (Å²) < 4.78 is 22.0. The SMILES string of the molecule is O=C(O)C1=C/C(=C\C[NH+]2c3cc(O)c(O[C@@H]4O[C@H](CO)[C@@H](O)[C@H](O)[C@H]4O[C@@H]4O[C@H](C(=O)O)[C@@H](O)[C@H](O)[C@H]4O)cc3C[C@H]2C(=O)O)C[C@@H](C(=O)O)N1. The molecule has 21 heteroatoms. The van der Waals surface area contributed by atoms with Gasteiger partial charge in [0.1, 0.15) is 60.6 Å². The fourth-order valence-electron chi connectivity index (χ4n) is 6.35. The molecule has 1 aromatic rings. The van der Waals surface area contributed by atoms with Gasteiger partial charge in [0.15, 0.2) is 36.0 Å². The predicted molar refractivity (Wildman–Crippen MR) is 159 cm³/mol. The number of phenolic OH excluding ortho intramolecular Hbond substituents is 1. The minimum Gasteiger partial charge on any atom is -0.504 e. The van der Waals surface area contributed by atoms with Crippen LogP contribution in [0, 0.1) is 0 Å². The van der Waals surface area contributed by atoms with Crippen molar-refractivity contribution < 1.29 is 99.2 Å². The number of nitrogens with one attached hydrogen (secondary N) is 2. The lowest BCUT2D eigenvalue weighted by Crippen LogP contribution is -3.11. The summed E-state index contributed by atoms with van der Waals surface area (Å²) in [6.45, 7) is -0.920. The summed E-state index contributed by atoms with van der Waals surface area (Å²) >= 11 is 0. The Kier molecular flexibility index (Phi) is 11.2. The lowest BCUT2D eigenvalue weighted by atomic mass is 9.97. The van der Waals surface area contributed by atoms with Crippen molar-refractivity contribution in [3.63, 3.8) is 0 Å². The van der Waals surface area contributed by atoms with Crippen LogP contribution < -0.4 is 15.0 Å². The van der Waals surface area contributed by atoms with Gasteiger partial charge >= 0.3 is 23.9 Å². The number of hydrogen-bond donors (Lipinski definition) is 13. The molecule has 0 amide bonds. The second-order valence-corrected chi connectivity index (χ2v) is 12.3. The van der Waals surface area contributed by atoms with Crippen molar-refractivity contribution in [1.29, 1.82) is 0 Å². The molecule has 0 aliphatic carbocycles. The number of hydrogen-bond acceptors (Lipinski definition) is 16. The van der Waals surface area contributed by atoms with Gasteiger partial charge in [0, 0.05) is 24.5 Å². The van der Waals surface area contributed by atoms with Gasteiger partial charge in [-0.2, -0.15) is 0 Å². The number of aliphatic hydroxyl groups is 6. The summed E-state index contributed by atoms with van der Waals surface area (Å²) in [5.41, 5.74) is 0.594. The Hall–Kier alpha value is -4.42. The third-order valence-electron chi connectivity index (χ3n) is 9.06. The summed E-state index contributed by atoms with van der Waals surface area (Å²) in [5, 5.41) is 113. The lowest BCUT2D eigenvalue weighted by Gasteiger charge is -2.45. The van der Waals surface area contributed by atoms with E-state index in [1.165, 1.54) is 24.3 Å². The molecule has 4 aliphatic heterocycles. The molecule has 21 nitrogen and oxygen atoms in total. The predicted octanol–water partition coefficient (Wildman–Crippen LogP) is -5.65. The number of aromatic hydroxyl groups is 1. The van der Waals surface area contributed by atoms with Gasteiger partial charge in [0.2, 0.25) is 6.29 Å². The zero-order chi connectivity index (χ0) is 37.5. The van der Waals surface area contributed by atoms with Crippen molar-refractivity contribution in [1.82, 2.24) is 5.32 Å². The van der Waals surface area contributed by atoms with Crippen LogP contribution in [-0.4, -0.2) is 167 Å². The van der Waals surface area contributed by atoms with Crippen LogP contribution in [0.1, 0.15) is 12.0 Å². The Morgan fingerprint density at radius 1 is 0.863 bits per heavy atom. The van der Waals surface area contributed by atoms with Crippen LogP contribution in [0.2, 0.25) is 0 Å². The second-order valence-electron chi connectivity index (χ2n) is 12.3. The minimum absolute atomic E-state index is 0.0693. The normalized spacial score (nSPS) is 37.2. The average molecular weight is 730 g/mol. The highest BCUT2D eigenvalue weighted by atomic mass is 16.8. The van der Waals surface area contributed by atoms with E-state index in [-0.39, 0.29) is 30.8 Å². The Morgan fingerprint density at radius 3 is 2.18 bits per heavy atom. The summed E-state index contributed by atoms with van der Waals surface area (Å²) in [6.07, 6.45) is -16.9. The van der Waals surface area contributed by atoms with Crippen molar-refractivity contribution in [3.8, 4) is 11.5 Å². The molecule has 0 aromatic heterocycles. The number of fused-ring (bicyclic) bond motifs is 1. The van der Waals surface area contributed by atoms with E-state index in [0.717, 1.165) is 0 Å². The Balaban J connectivity index is 1.42. The van der Waals surface area contributed by atoms with Gasteiger partial charge in [-0.3, -0.25) is 4.90 Å². The minimum atomic E-state index is -2.09. The van der Waals surface area contributed by atoms with Crippen LogP contribution in [0.5, 0.6) is 11.5 Å². The number of carbonyl (C=O) groups is 4. The molecule has 4 aliphatic rings. The molecule has 2 saturated heterocycles. The number of aliphatic hydroxyl groups excluding tert-OH is 6. The first-order valence-corrected chi connectivity index (χ1v) is 15.5. The van der Waals surface area contributed by atoms with E-state index < -0.39 is 110 Å². The monoisotopic (exact) mass is 729 g/mol. The fraction of sp³-hybridized carbons (Fsp3) is 0.533. The number of ether oxygens (including phenoxy) is 4. The lowest BCUT2D eigenvalue weighted by molar-refractivity contribution is -0.838. The third kappa shape index (κ3) is 7.62. The van der Waals surface area contributed by atoms with Gasteiger partial charge in [-0.05, 0) is 23.8 Å².